The van der Waals surface area contributed by atoms with Gasteiger partial charge in [-0.25, -0.2) is 0 Å². The molecule has 28 heavy (non-hydrogen) atoms. The summed E-state index contributed by atoms with van der Waals surface area (Å²) in [5, 5.41) is 4.97. The maximum atomic E-state index is 5.89. The van der Waals surface area contributed by atoms with Crippen LogP contribution in [0.3, 0.4) is 0 Å². The average Bonchev–Trinajstić information content (AvgIpc) is 3.05. The molecule has 0 radical (unpaired) electrons. The quantitative estimate of drug-likeness (QED) is 0.652. The van der Waals surface area contributed by atoms with Crippen molar-refractivity contribution in [2.45, 2.75) is 51.9 Å². The standard InChI is InChI=1S/C22H27N5S/c1-2-20-10-6-7-15-25(20)17-27-22(28)26(16-18-8-4-3-5-9-18)21(24-27)19-11-13-23-14-12-19/h3-5,8-9,11-14,20H,2,6-7,10,15-17H2,1H3/p+1/t20-/m0/s1. The SMILES string of the molecule is CC[C@H]1CCCC[NH+]1Cn1nc(-c2ccncc2)n(Cc2ccccc2)c1=S. The molecule has 3 aromatic rings. The van der Waals surface area contributed by atoms with E-state index in [2.05, 4.69) is 40.7 Å². The molecule has 0 saturated carbocycles. The van der Waals surface area contributed by atoms with Crippen LogP contribution < -0.4 is 4.90 Å². The minimum absolute atomic E-state index is 0.708. The molecule has 0 spiro atoms. The van der Waals surface area contributed by atoms with E-state index < -0.39 is 0 Å². The molecule has 1 aromatic carbocycles. The van der Waals surface area contributed by atoms with Gasteiger partial charge in [0.1, 0.15) is 0 Å². The number of hydrogen-bond donors (Lipinski definition) is 1. The van der Waals surface area contributed by atoms with Gasteiger partial charge in [-0.15, -0.1) is 5.10 Å². The van der Waals surface area contributed by atoms with Gasteiger partial charge in [0.05, 0.1) is 19.1 Å². The van der Waals surface area contributed by atoms with Crippen LogP contribution in [0.5, 0.6) is 0 Å². The second-order valence-corrected chi connectivity index (χ2v) is 7.95. The highest BCUT2D eigenvalue weighted by Crippen LogP contribution is 2.19. The number of nitrogens with zero attached hydrogens (tertiary/aromatic N) is 4. The van der Waals surface area contributed by atoms with E-state index in [0.29, 0.717) is 6.04 Å². The predicted octanol–water partition coefficient (Wildman–Crippen LogP) is 3.33. The van der Waals surface area contributed by atoms with Gasteiger partial charge < -0.3 is 4.90 Å². The Balaban J connectivity index is 1.70. The first-order valence-corrected chi connectivity index (χ1v) is 10.6. The van der Waals surface area contributed by atoms with Crippen LogP contribution in [0, 0.1) is 4.77 Å². The number of pyridine rings is 1. The fraction of sp³-hybridized carbons (Fsp3) is 0.409. The molecule has 1 fully saturated rings. The van der Waals surface area contributed by atoms with Crippen molar-refractivity contribution in [1.82, 2.24) is 19.3 Å². The summed E-state index contributed by atoms with van der Waals surface area (Å²) in [4.78, 5) is 5.76. The van der Waals surface area contributed by atoms with Crippen molar-refractivity contribution >= 4 is 12.2 Å². The Morgan fingerprint density at radius 3 is 2.64 bits per heavy atom. The number of benzene rings is 1. The zero-order valence-electron chi connectivity index (χ0n) is 16.4. The molecular weight excluding hydrogens is 366 g/mol. The van der Waals surface area contributed by atoms with Crippen LogP contribution in [0.4, 0.5) is 0 Å². The van der Waals surface area contributed by atoms with Gasteiger partial charge in [0.15, 0.2) is 12.5 Å². The van der Waals surface area contributed by atoms with Crippen molar-refractivity contribution in [3.8, 4) is 11.4 Å². The molecule has 1 N–H and O–H groups in total. The lowest BCUT2D eigenvalue weighted by Gasteiger charge is -2.31. The summed E-state index contributed by atoms with van der Waals surface area (Å²) in [7, 11) is 0. The molecule has 2 atom stereocenters. The second kappa shape index (κ2) is 8.80. The third-order valence-electron chi connectivity index (χ3n) is 5.77. The lowest BCUT2D eigenvalue weighted by atomic mass is 10.0. The van der Waals surface area contributed by atoms with Crippen molar-refractivity contribution in [2.24, 2.45) is 0 Å². The van der Waals surface area contributed by atoms with Gasteiger partial charge >= 0.3 is 0 Å². The topological polar surface area (TPSA) is 40.1 Å². The normalized spacial score (nSPS) is 19.6. The summed E-state index contributed by atoms with van der Waals surface area (Å²) in [6.45, 7) is 5.07. The van der Waals surface area contributed by atoms with Crippen LogP contribution >= 0.6 is 12.2 Å². The fourth-order valence-electron chi connectivity index (χ4n) is 4.21. The number of rotatable bonds is 6. The van der Waals surface area contributed by atoms with Crippen LogP contribution in [-0.4, -0.2) is 31.9 Å². The predicted molar refractivity (Wildman–Crippen MR) is 114 cm³/mol. The highest BCUT2D eigenvalue weighted by Gasteiger charge is 2.26. The summed E-state index contributed by atoms with van der Waals surface area (Å²) < 4.78 is 4.99. The first kappa shape index (κ1) is 19.0. The molecule has 2 aromatic heterocycles. The second-order valence-electron chi connectivity index (χ2n) is 7.58. The van der Waals surface area contributed by atoms with E-state index in [-0.39, 0.29) is 0 Å². The van der Waals surface area contributed by atoms with E-state index in [1.165, 1.54) is 37.8 Å². The van der Waals surface area contributed by atoms with Crippen molar-refractivity contribution in [3.05, 3.63) is 65.2 Å². The van der Waals surface area contributed by atoms with Gasteiger partial charge in [-0.1, -0.05) is 37.3 Å². The molecule has 6 heteroatoms. The summed E-state index contributed by atoms with van der Waals surface area (Å²) in [6, 6.07) is 15.2. The van der Waals surface area contributed by atoms with Crippen LogP contribution in [0.15, 0.2) is 54.9 Å². The summed E-state index contributed by atoms with van der Waals surface area (Å²) in [5.41, 5.74) is 2.28. The van der Waals surface area contributed by atoms with Crippen LogP contribution in [0.25, 0.3) is 11.4 Å². The fourth-order valence-corrected chi connectivity index (χ4v) is 4.47. The number of quaternary nitrogens is 1. The number of likely N-dealkylation sites (tertiary alicyclic amines) is 1. The molecule has 0 bridgehead atoms. The Kier molecular flexibility index (Phi) is 5.98. The van der Waals surface area contributed by atoms with Gasteiger partial charge in [-0.3, -0.25) is 9.55 Å². The molecule has 0 amide bonds. The zero-order chi connectivity index (χ0) is 19.3. The van der Waals surface area contributed by atoms with Crippen molar-refractivity contribution in [2.75, 3.05) is 6.54 Å². The van der Waals surface area contributed by atoms with Gasteiger partial charge in [-0.05, 0) is 55.6 Å². The Bertz CT molecular complexity index is 948. The van der Waals surface area contributed by atoms with E-state index in [4.69, 9.17) is 17.3 Å². The van der Waals surface area contributed by atoms with E-state index in [1.807, 2.05) is 35.3 Å². The van der Waals surface area contributed by atoms with Gasteiger partial charge in [0, 0.05) is 18.0 Å². The van der Waals surface area contributed by atoms with Gasteiger partial charge in [-0.2, -0.15) is 4.68 Å². The number of aromatic nitrogens is 4. The Morgan fingerprint density at radius 1 is 1.11 bits per heavy atom. The average molecular weight is 395 g/mol. The molecule has 1 aliphatic heterocycles. The summed E-state index contributed by atoms with van der Waals surface area (Å²) in [5.74, 6) is 0.917. The molecule has 5 nitrogen and oxygen atoms in total. The maximum absolute atomic E-state index is 5.89. The molecule has 0 aliphatic carbocycles. The molecule has 1 saturated heterocycles. The minimum atomic E-state index is 0.708. The highest BCUT2D eigenvalue weighted by molar-refractivity contribution is 7.71. The third kappa shape index (κ3) is 4.08. The van der Waals surface area contributed by atoms with Crippen LogP contribution in [0.1, 0.15) is 38.2 Å². The zero-order valence-corrected chi connectivity index (χ0v) is 17.2. The number of nitrogens with one attached hydrogen (secondary N) is 1. The monoisotopic (exact) mass is 394 g/mol. The smallest absolute Gasteiger partial charge is 0.203 e. The van der Waals surface area contributed by atoms with Crippen LogP contribution in [0.2, 0.25) is 0 Å². The minimum Gasteiger partial charge on any atom is -0.314 e. The first-order valence-electron chi connectivity index (χ1n) is 10.2. The molecule has 3 heterocycles. The highest BCUT2D eigenvalue weighted by atomic mass is 32.1. The Hall–Kier alpha value is -2.31. The summed E-state index contributed by atoms with van der Waals surface area (Å²) in [6.07, 6.45) is 8.78. The first-order chi connectivity index (χ1) is 13.8. The number of piperidine rings is 1. The van der Waals surface area contributed by atoms with Gasteiger partial charge in [0.2, 0.25) is 4.77 Å². The molecule has 1 aliphatic rings. The molecule has 146 valence electrons. The van der Waals surface area contributed by atoms with Crippen molar-refractivity contribution in [3.63, 3.8) is 0 Å². The van der Waals surface area contributed by atoms with Crippen molar-refractivity contribution in [1.29, 1.82) is 0 Å². The van der Waals surface area contributed by atoms with E-state index in [1.54, 1.807) is 4.90 Å². The summed E-state index contributed by atoms with van der Waals surface area (Å²) >= 11 is 5.89. The van der Waals surface area contributed by atoms with E-state index >= 15 is 0 Å². The number of hydrogen-bond acceptors (Lipinski definition) is 3. The third-order valence-corrected chi connectivity index (χ3v) is 6.20. The van der Waals surface area contributed by atoms with Crippen LogP contribution in [-0.2, 0) is 13.2 Å². The largest absolute Gasteiger partial charge is 0.314 e. The maximum Gasteiger partial charge on any atom is 0.203 e. The lowest BCUT2D eigenvalue weighted by Crippen LogP contribution is -3.15. The molecule has 4 rings (SSSR count). The lowest BCUT2D eigenvalue weighted by molar-refractivity contribution is -0.953. The van der Waals surface area contributed by atoms with Gasteiger partial charge in [0.25, 0.3) is 0 Å². The molecular formula is C22H28N5S+. The van der Waals surface area contributed by atoms with Crippen molar-refractivity contribution < 1.29 is 4.90 Å². The van der Waals surface area contributed by atoms with E-state index in [0.717, 1.165) is 29.4 Å². The van der Waals surface area contributed by atoms with E-state index in [9.17, 15) is 0 Å². The Labute approximate surface area is 171 Å². The molecule has 1 unspecified atom stereocenters. The Morgan fingerprint density at radius 2 is 1.89 bits per heavy atom.